The first-order valence-electron chi connectivity index (χ1n) is 11.2. The quantitative estimate of drug-likeness (QED) is 0.103. The van der Waals surface area contributed by atoms with Gasteiger partial charge >= 0.3 is 5.51 Å². The number of aliphatic carboxylic acids is 1. The van der Waals surface area contributed by atoms with Crippen LogP contribution in [0.4, 0.5) is 13.2 Å². The maximum Gasteiger partial charge on any atom is 0.485 e. The van der Waals surface area contributed by atoms with Crippen LogP contribution in [-0.4, -0.2) is 56.2 Å². The number of benzene rings is 3. The molecule has 44 heavy (non-hydrogen) atoms. The third-order valence-corrected chi connectivity index (χ3v) is 7.23. The summed E-state index contributed by atoms with van der Waals surface area (Å²) in [5, 5.41) is 10.0. The normalized spacial score (nSPS) is 11.1. The van der Waals surface area contributed by atoms with Gasteiger partial charge in [-0.2, -0.15) is 13.2 Å². The molecule has 0 N–H and O–H groups in total. The van der Waals surface area contributed by atoms with E-state index in [4.69, 9.17) is 13.0 Å². The molecule has 0 amide bonds. The first-order chi connectivity index (χ1) is 19.3. The highest BCUT2D eigenvalue weighted by Gasteiger charge is 2.36. The Morgan fingerprint density at radius 3 is 1.34 bits per heavy atom. The number of aryl methyl sites for hydroxylation is 4. The number of carboxylic acid groups (broad SMARTS) is 1. The number of carbonyl (C=O) groups excluding carboxylic acids is 2. The second kappa shape index (κ2) is 17.5. The zero-order valence-corrected chi connectivity index (χ0v) is 27.6. The lowest BCUT2D eigenvalue weighted by molar-refractivity contribution is -0.296. The Hall–Kier alpha value is -2.95. The summed E-state index contributed by atoms with van der Waals surface area (Å²) in [5.74, 6) is -2.65. The highest BCUT2D eigenvalue weighted by atomic mass is 127. The van der Waals surface area contributed by atoms with Crippen LogP contribution >= 0.6 is 0 Å². The average Bonchev–Trinajstić information content (AvgIpc) is 2.82. The monoisotopic (exact) mass is 795 g/mol. The minimum atomic E-state index is -6.09. The van der Waals surface area contributed by atoms with Crippen molar-refractivity contribution in [2.45, 2.75) is 43.0 Å². The number of carbonyl (C=O) groups is 2. The summed E-state index contributed by atoms with van der Waals surface area (Å²) in [4.78, 5) is 20.5. The molecule has 12 nitrogen and oxygen atoms in total. The van der Waals surface area contributed by atoms with Crippen molar-refractivity contribution in [1.82, 2.24) is 0 Å². The van der Waals surface area contributed by atoms with Crippen LogP contribution in [0.25, 0.3) is 0 Å². The Morgan fingerprint density at radius 2 is 1.05 bits per heavy atom. The summed E-state index contributed by atoms with van der Waals surface area (Å²) in [6, 6.07) is 16.9. The molecule has 0 radical (unpaired) electrons. The number of hydrogen-bond acceptors (Lipinski definition) is 12. The molecule has 0 saturated carbocycles. The minimum absolute atomic E-state index is 0. The van der Waals surface area contributed by atoms with Gasteiger partial charge in [-0.1, -0.05) is 65.7 Å². The molecule has 0 bridgehead atoms. The molecule has 19 heteroatoms. The fraction of sp³-hybridized carbons (Fsp3) is 0.200. The molecule has 0 spiro atoms. The van der Waals surface area contributed by atoms with Crippen LogP contribution in [0.3, 0.4) is 0 Å². The van der Waals surface area contributed by atoms with Crippen LogP contribution in [0.1, 0.15) is 32.6 Å². The molecule has 0 saturated heterocycles. The predicted octanol–water partition coefficient (Wildman–Crippen LogP) is -0.910. The van der Waals surface area contributed by atoms with E-state index in [0.717, 1.165) is 11.1 Å². The third-order valence-electron chi connectivity index (χ3n) is 4.67. The number of alkyl halides is 3. The van der Waals surface area contributed by atoms with Gasteiger partial charge in [0, 0.05) is 5.56 Å². The lowest BCUT2D eigenvalue weighted by Crippen LogP contribution is -3.00. The maximum atomic E-state index is 10.8. The number of rotatable bonds is 4. The van der Waals surface area contributed by atoms with E-state index in [9.17, 15) is 53.8 Å². The first-order valence-corrected chi connectivity index (χ1v) is 15.4. The molecule has 246 valence electrons. The van der Waals surface area contributed by atoms with E-state index in [1.54, 1.807) is 56.3 Å². The Morgan fingerprint density at radius 1 is 0.659 bits per heavy atom. The Balaban J connectivity index is 0. The lowest BCUT2D eigenvalue weighted by atomic mass is 10.1. The van der Waals surface area contributed by atoms with Crippen molar-refractivity contribution in [2.24, 2.45) is 0 Å². The Kier molecular flexibility index (Phi) is 17.2. The molecule has 0 aliphatic heterocycles. The van der Waals surface area contributed by atoms with Crippen molar-refractivity contribution in [3.05, 3.63) is 94.5 Å². The van der Waals surface area contributed by atoms with Gasteiger partial charge in [0.1, 0.15) is 26.2 Å². The topological polar surface area (TPSA) is 229 Å². The molecule has 0 atom stereocenters. The second-order valence-corrected chi connectivity index (χ2v) is 12.4. The molecule has 0 heterocycles. The van der Waals surface area contributed by atoms with Gasteiger partial charge in [0.2, 0.25) is 5.78 Å². The standard InChI is InChI=1S/C9H12O3S.C8H6O3.C7H8O3S.CHF3O3S.HI/c1-6-4-7(2)9(8(3)5-6)13(10,11)12;9-7(8(10)11)6-4-2-1-3-5-6;1-6-2-4-7(5-3-6)11(8,9)10;2-1(3,4)8(5,6)7;/h4-5H,1-3H3,(H,10,11,12);1-5H,(H,10,11);2-5H,1H3,(H,8,9,10);(H,5,6,7);1H/p-5. The van der Waals surface area contributed by atoms with E-state index in [2.05, 4.69) is 0 Å². The minimum Gasteiger partial charge on any atom is -1.00 e. The molecule has 0 fully saturated rings. The number of carboxylic acids is 1. The highest BCUT2D eigenvalue weighted by molar-refractivity contribution is 7.86. The van der Waals surface area contributed by atoms with Gasteiger partial charge < -0.3 is 47.5 Å². The molecule has 3 rings (SSSR count). The van der Waals surface area contributed by atoms with E-state index in [1.165, 1.54) is 24.3 Å². The van der Waals surface area contributed by atoms with Gasteiger partial charge in [-0.3, -0.25) is 4.79 Å². The zero-order chi connectivity index (χ0) is 34.0. The van der Waals surface area contributed by atoms with Gasteiger partial charge in [-0.25, -0.2) is 25.3 Å². The summed E-state index contributed by atoms with van der Waals surface area (Å²) in [6.45, 7) is 6.94. The summed E-state index contributed by atoms with van der Waals surface area (Å²) in [7, 11) is -14.7. The fourth-order valence-electron chi connectivity index (χ4n) is 2.97. The van der Waals surface area contributed by atoms with Crippen molar-refractivity contribution in [2.75, 3.05) is 0 Å². The van der Waals surface area contributed by atoms with Crippen LogP contribution in [0.2, 0.25) is 0 Å². The summed E-state index contributed by atoms with van der Waals surface area (Å²) >= 11 is 0. The fourth-order valence-corrected chi connectivity index (χ4v) is 4.35. The van der Waals surface area contributed by atoms with Gasteiger partial charge in [0.25, 0.3) is 0 Å². The molecule has 0 aromatic heterocycles. The van der Waals surface area contributed by atoms with Crippen molar-refractivity contribution in [1.29, 1.82) is 0 Å². The number of halogens is 4. The van der Waals surface area contributed by atoms with Crippen molar-refractivity contribution < 1.29 is 90.8 Å². The smallest absolute Gasteiger partial charge is 0.485 e. The summed E-state index contributed by atoms with van der Waals surface area (Å²) in [6.07, 6.45) is 0. The SMILES string of the molecule is Cc1cc(C)c(S(=O)(=O)[O-])c(C)c1.Cc1ccc(S(=O)(=O)[O-])cc1.O=C([O-])C(=O)c1ccccc1.O=S(=O)([O-])C(F)(F)F.[I-]. The zero-order valence-electron chi connectivity index (χ0n) is 23.0. The van der Waals surface area contributed by atoms with E-state index >= 15 is 0 Å². The molecule has 3 aromatic rings. The maximum absolute atomic E-state index is 10.8. The van der Waals surface area contributed by atoms with Crippen molar-refractivity contribution in [3.8, 4) is 0 Å². The summed E-state index contributed by atoms with van der Waals surface area (Å²) in [5.41, 5.74) is -2.57. The lowest BCUT2D eigenvalue weighted by Gasteiger charge is -2.14. The molecule has 0 aliphatic rings. The molecule has 0 unspecified atom stereocenters. The molecular formula is C25H23F3IO12S3-5. The highest BCUT2D eigenvalue weighted by Crippen LogP contribution is 2.21. The average molecular weight is 796 g/mol. The number of Topliss-reactive ketones (excluding diaryl/α,β-unsaturated/α-hetero) is 1. The van der Waals surface area contributed by atoms with Crippen LogP contribution in [0, 0.1) is 27.7 Å². The van der Waals surface area contributed by atoms with E-state index in [-0.39, 0.29) is 39.3 Å². The van der Waals surface area contributed by atoms with E-state index < -0.39 is 47.6 Å². The van der Waals surface area contributed by atoms with Gasteiger partial charge in [-0.05, 0) is 51.0 Å². The van der Waals surface area contributed by atoms with Gasteiger partial charge in [-0.15, -0.1) is 0 Å². The predicted molar refractivity (Wildman–Crippen MR) is 139 cm³/mol. The second-order valence-electron chi connectivity index (χ2n) is 8.33. The van der Waals surface area contributed by atoms with Crippen molar-refractivity contribution >= 4 is 42.1 Å². The first kappa shape index (κ1) is 43.2. The number of ketones is 1. The van der Waals surface area contributed by atoms with E-state index in [1.807, 2.05) is 13.8 Å². The van der Waals surface area contributed by atoms with E-state index in [0.29, 0.717) is 11.1 Å². The Bertz CT molecular complexity index is 1720. The summed E-state index contributed by atoms with van der Waals surface area (Å²) < 4.78 is 123. The van der Waals surface area contributed by atoms with Crippen LogP contribution in [-0.2, 0) is 35.1 Å². The van der Waals surface area contributed by atoms with Gasteiger partial charge in [0.05, 0.1) is 9.79 Å². The van der Waals surface area contributed by atoms with Crippen LogP contribution in [0.5, 0.6) is 0 Å². The molecule has 0 aliphatic carbocycles. The van der Waals surface area contributed by atoms with Crippen molar-refractivity contribution in [3.63, 3.8) is 0 Å². The third kappa shape index (κ3) is 15.7. The number of hydrogen-bond donors (Lipinski definition) is 0. The molecular weight excluding hydrogens is 772 g/mol. The van der Waals surface area contributed by atoms with Crippen LogP contribution < -0.4 is 29.1 Å². The largest absolute Gasteiger partial charge is 1.00 e. The van der Waals surface area contributed by atoms with Crippen LogP contribution in [0.15, 0.2) is 76.5 Å². The van der Waals surface area contributed by atoms with Gasteiger partial charge in [0.15, 0.2) is 10.1 Å². The molecule has 3 aromatic carbocycles. The Labute approximate surface area is 269 Å².